The normalized spacial score (nSPS) is 17.7. The van der Waals surface area contributed by atoms with Gasteiger partial charge in [0.05, 0.1) is 39.3 Å². The van der Waals surface area contributed by atoms with Crippen LogP contribution < -0.4 is 16.1 Å². The summed E-state index contributed by atoms with van der Waals surface area (Å²) in [5.41, 5.74) is 2.46. The molecule has 0 spiro atoms. The van der Waals surface area contributed by atoms with Crippen LogP contribution in [-0.4, -0.2) is 124 Å². The first-order valence-corrected chi connectivity index (χ1v) is 32.6. The highest BCUT2D eigenvalue weighted by Gasteiger charge is 2.64. The monoisotopic (exact) mass is 1420 g/mol. The Balaban J connectivity index is 0.000000203. The molecule has 1 N–H and O–H groups in total. The van der Waals surface area contributed by atoms with E-state index in [1.165, 1.54) is 36.5 Å². The number of aromatic nitrogens is 6. The van der Waals surface area contributed by atoms with Crippen molar-refractivity contribution in [2.45, 2.75) is 182 Å². The number of halogens is 4. The Hall–Kier alpha value is -5.03. The van der Waals surface area contributed by atoms with E-state index < -0.39 is 21.1 Å². The highest BCUT2D eigenvalue weighted by Crippen LogP contribution is 2.43. The predicted molar refractivity (Wildman–Crippen MR) is 361 cm³/mol. The van der Waals surface area contributed by atoms with Crippen molar-refractivity contribution < 1.29 is 51.9 Å². The molecule has 3 fully saturated rings. The molecule has 0 aliphatic carbocycles. The Labute approximate surface area is 556 Å². The maximum atomic E-state index is 11.6. The molecule has 474 valence electrons. The fourth-order valence-electron chi connectivity index (χ4n) is 7.63. The average Bonchev–Trinajstić information content (AvgIpc) is 2.64. The van der Waals surface area contributed by atoms with Gasteiger partial charge < -0.3 is 33.2 Å². The highest BCUT2D eigenvalue weighted by molar-refractivity contribution is 9.10. The molecule has 0 saturated carbocycles. The number of hydrogen-bond acceptors (Lipinski definition) is 18. The number of amides is 2. The number of amidine groups is 1. The minimum Gasteiger partial charge on any atom is -0.405 e. The van der Waals surface area contributed by atoms with Crippen molar-refractivity contribution in [1.82, 2.24) is 29.9 Å². The van der Waals surface area contributed by atoms with Gasteiger partial charge >= 0.3 is 30.9 Å². The van der Waals surface area contributed by atoms with Gasteiger partial charge in [-0.25, -0.2) is 9.97 Å². The molecule has 4 aliphatic rings. The second-order valence-electron chi connectivity index (χ2n) is 23.3. The Bertz CT molecular complexity index is 3580. The van der Waals surface area contributed by atoms with Gasteiger partial charge in [-0.15, -0.1) is 28.2 Å². The molecule has 6 aromatic rings. The lowest BCUT2D eigenvalue weighted by molar-refractivity contribution is -0.116. The van der Waals surface area contributed by atoms with Gasteiger partial charge in [-0.2, -0.15) is 9.98 Å². The minimum atomic E-state index is -0.476. The van der Waals surface area contributed by atoms with E-state index in [1.807, 2.05) is 140 Å². The summed E-state index contributed by atoms with van der Waals surface area (Å²) < 4.78 is 38.1. The summed E-state index contributed by atoms with van der Waals surface area (Å²) >= 11 is 19.2. The van der Waals surface area contributed by atoms with Crippen molar-refractivity contribution in [3.8, 4) is 11.3 Å². The molecule has 10 heterocycles. The topological polar surface area (TPSA) is 255 Å². The fourth-order valence-corrected chi connectivity index (χ4v) is 10.0. The van der Waals surface area contributed by atoms with Crippen LogP contribution in [0.1, 0.15) is 175 Å². The van der Waals surface area contributed by atoms with Crippen LogP contribution in [0.25, 0.3) is 21.6 Å². The number of nitrogens with one attached hydrogen (secondary N) is 1. The molecule has 6 aromatic heterocycles. The molecule has 10 rings (SSSR count). The SMILES string of the molecule is CC(=O)N=C1N=c2ccc(Br)nc2=[S+]1.CC(Cl)Cl.CC1(C)OB(B2OC(C)(C)C(C)(C)O2)OC1(C)C.CCC(=O)c1ccc(-c2ccc3nc(NC(C)=O)sc3n2)cn1.CCC(=O)c1ccc(B2OC(C)(C)C(C)(C)O2)cn1.CCC(=O)c1ccc(Br)cn1. The van der Waals surface area contributed by atoms with Gasteiger partial charge in [-0.3, -0.25) is 38.9 Å². The van der Waals surface area contributed by atoms with Gasteiger partial charge in [-0.1, -0.05) is 38.2 Å². The lowest BCUT2D eigenvalue weighted by Crippen LogP contribution is -2.41. The zero-order valence-electron chi connectivity index (χ0n) is 53.3. The molecular formula is C60H75B3Br2Cl2N9O11S2+. The largest absolute Gasteiger partial charge is 0.496 e. The standard InChI is InChI=1S/C16H14N4O2S.C14H20BNO3.C12H24B2O4.C8H5BrN3OS.C8H8BrNO.C2H4Cl2/c1-3-14(22)12-5-4-10(8-17-12)11-6-7-13-15(19-11)23-16(20-13)18-9(2)21;1-6-12(17)11-8-7-10(9-16-11)15-18-13(2,3)14(4,5)19-15;1-9(2)10(3,4)16-13(15-9)14-17-11(5,6)12(7,8)18-14;1-4(13)10-8-11-5-2-3-6(9)12-7(5)14-8;1-2-8(11)7-4-3-6(9)5-10-7;1-2(3)4/h4-8H,3H2,1-2H3,(H,18,20,21);7-9H,6H2,1-5H3;1-8H3;2-3H,1H3;3-5H,2H2,1H3;2H,1H3/q;;;+1;;. The molecule has 2 amide bonds. The van der Waals surface area contributed by atoms with Crippen LogP contribution in [0.15, 0.2) is 98.3 Å². The number of carbonyl (C=O) groups is 5. The van der Waals surface area contributed by atoms with E-state index in [9.17, 15) is 24.0 Å². The van der Waals surface area contributed by atoms with Crippen LogP contribution in [0.4, 0.5) is 5.13 Å². The van der Waals surface area contributed by atoms with E-state index in [2.05, 4.69) is 77.1 Å². The molecule has 89 heavy (non-hydrogen) atoms. The minimum absolute atomic E-state index is 0.0161. The molecule has 0 bridgehead atoms. The van der Waals surface area contributed by atoms with Crippen LogP contribution >= 0.6 is 66.4 Å². The lowest BCUT2D eigenvalue weighted by atomic mass is 9.49. The Morgan fingerprint density at radius 2 is 1.07 bits per heavy atom. The predicted octanol–water partition coefficient (Wildman–Crippen LogP) is 12.5. The first-order valence-electron chi connectivity index (χ1n) is 28.5. The Morgan fingerprint density at radius 3 is 1.48 bits per heavy atom. The van der Waals surface area contributed by atoms with Crippen molar-refractivity contribution in [1.29, 1.82) is 0 Å². The number of carbonyl (C=O) groups excluding carboxylic acids is 5. The summed E-state index contributed by atoms with van der Waals surface area (Å²) in [7, 11) is -1.38. The van der Waals surface area contributed by atoms with Crippen LogP contribution in [0.5, 0.6) is 0 Å². The number of hydrogen-bond donors (Lipinski definition) is 1. The third-order valence-corrected chi connectivity index (χ3v) is 17.3. The maximum Gasteiger partial charge on any atom is 0.496 e. The van der Waals surface area contributed by atoms with Crippen molar-refractivity contribution in [3.63, 3.8) is 0 Å². The number of Topliss-reactive ketones (excluding diaryl/α,β-unsaturated/α-hetero) is 3. The molecule has 4 aliphatic heterocycles. The van der Waals surface area contributed by atoms with Gasteiger partial charge in [0.2, 0.25) is 11.8 Å². The third-order valence-electron chi connectivity index (χ3n) is 14.7. The smallest absolute Gasteiger partial charge is 0.405 e. The van der Waals surface area contributed by atoms with Crippen molar-refractivity contribution in [3.05, 3.63) is 115 Å². The van der Waals surface area contributed by atoms with E-state index in [0.29, 0.717) is 46.6 Å². The van der Waals surface area contributed by atoms with Crippen LogP contribution in [0.3, 0.4) is 0 Å². The first-order chi connectivity index (χ1) is 41.3. The number of pyridine rings is 5. The Kier molecular flexibility index (Phi) is 26.5. The summed E-state index contributed by atoms with van der Waals surface area (Å²) in [6.07, 6.45) is 6.33. The van der Waals surface area contributed by atoms with Gasteiger partial charge in [0.15, 0.2) is 27.8 Å². The number of alkyl halides is 2. The summed E-state index contributed by atoms with van der Waals surface area (Å²) in [6.45, 7) is 34.2. The lowest BCUT2D eigenvalue weighted by Gasteiger charge is -2.32. The third kappa shape index (κ3) is 20.7. The maximum absolute atomic E-state index is 11.6. The van der Waals surface area contributed by atoms with Gasteiger partial charge in [0.1, 0.15) is 36.9 Å². The molecule has 0 atom stereocenters. The van der Waals surface area contributed by atoms with Gasteiger partial charge in [0.25, 0.3) is 11.4 Å². The number of ketones is 3. The molecule has 0 radical (unpaired) electrons. The van der Waals surface area contributed by atoms with Crippen molar-refractivity contribution in [2.24, 2.45) is 9.98 Å². The molecular weight excluding hydrogens is 1350 g/mol. The van der Waals surface area contributed by atoms with Crippen LogP contribution in [0, 0.1) is 4.64 Å². The van der Waals surface area contributed by atoms with Crippen LogP contribution in [-0.2, 0) is 48.9 Å². The van der Waals surface area contributed by atoms with E-state index in [0.717, 1.165) is 46.1 Å². The van der Waals surface area contributed by atoms with Crippen molar-refractivity contribution >= 4 is 154 Å². The number of anilines is 1. The molecule has 20 nitrogen and oxygen atoms in total. The van der Waals surface area contributed by atoms with Gasteiger partial charge in [0, 0.05) is 67.2 Å². The first kappa shape index (κ1) is 74.7. The van der Waals surface area contributed by atoms with Crippen molar-refractivity contribution in [2.75, 3.05) is 5.32 Å². The van der Waals surface area contributed by atoms with E-state index in [4.69, 9.17) is 51.1 Å². The zero-order valence-corrected chi connectivity index (χ0v) is 59.6. The second-order valence-corrected chi connectivity index (χ2v) is 28.5. The number of aliphatic imine (C=N–C) groups is 1. The second kappa shape index (κ2) is 31.5. The van der Waals surface area contributed by atoms with E-state index >= 15 is 0 Å². The summed E-state index contributed by atoms with van der Waals surface area (Å²) in [4.78, 5) is 89.8. The Morgan fingerprint density at radius 1 is 0.607 bits per heavy atom. The molecule has 3 saturated heterocycles. The average molecular weight is 1430 g/mol. The molecule has 0 unspecified atom stereocenters. The molecule has 0 aromatic carbocycles. The fraction of sp³-hybridized carbons (Fsp3) is 0.467. The molecule has 29 heteroatoms. The summed E-state index contributed by atoms with van der Waals surface area (Å²) in [6, 6.07) is 18.0. The van der Waals surface area contributed by atoms with E-state index in [1.54, 1.807) is 49.8 Å². The van der Waals surface area contributed by atoms with E-state index in [-0.39, 0.29) is 67.6 Å². The number of thiazole rings is 1. The number of fused-ring (bicyclic) bond motifs is 2. The zero-order chi connectivity index (χ0) is 66.6. The number of nitrogens with zero attached hydrogens (tertiary/aromatic N) is 8. The quantitative estimate of drug-likeness (QED) is 0.0334. The highest BCUT2D eigenvalue weighted by atomic mass is 79.9. The summed E-state index contributed by atoms with van der Waals surface area (Å²) in [5, 5.41) is 4.40. The number of rotatable bonds is 10. The van der Waals surface area contributed by atoms with Crippen LogP contribution in [0.2, 0.25) is 0 Å². The summed E-state index contributed by atoms with van der Waals surface area (Å²) in [5.74, 6) is -0.270. The van der Waals surface area contributed by atoms with Gasteiger partial charge in [-0.05, 0) is 176 Å².